The number of likely N-dealkylation sites (N-methyl/N-ethyl adjacent to an activating group) is 1. The van der Waals surface area contributed by atoms with Gasteiger partial charge in [0.2, 0.25) is 5.91 Å². The summed E-state index contributed by atoms with van der Waals surface area (Å²) in [6, 6.07) is 3.67. The molecule has 2 aromatic heterocycles. The largest absolute Gasteiger partial charge is 0.368 e. The van der Waals surface area contributed by atoms with Gasteiger partial charge in [-0.3, -0.25) is 19.5 Å². The molecule has 28 heavy (non-hydrogen) atoms. The van der Waals surface area contributed by atoms with E-state index in [0.29, 0.717) is 12.0 Å². The van der Waals surface area contributed by atoms with Gasteiger partial charge in [0.25, 0.3) is 5.91 Å². The lowest BCUT2D eigenvalue weighted by molar-refractivity contribution is -0.122. The first-order valence-electron chi connectivity index (χ1n) is 9.76. The highest BCUT2D eigenvalue weighted by Gasteiger charge is 2.29. The van der Waals surface area contributed by atoms with Crippen molar-refractivity contribution in [3.8, 4) is 0 Å². The highest BCUT2D eigenvalue weighted by molar-refractivity contribution is 7.10. The lowest BCUT2D eigenvalue weighted by Crippen LogP contribution is -2.45. The third kappa shape index (κ3) is 4.25. The van der Waals surface area contributed by atoms with Crippen molar-refractivity contribution < 1.29 is 9.59 Å². The van der Waals surface area contributed by atoms with Crippen molar-refractivity contribution >= 4 is 23.2 Å². The van der Waals surface area contributed by atoms with Gasteiger partial charge in [-0.05, 0) is 36.5 Å². The van der Waals surface area contributed by atoms with Gasteiger partial charge in [0, 0.05) is 43.1 Å². The smallest absolute Gasteiger partial charge is 0.255 e. The lowest BCUT2D eigenvalue weighted by Gasteiger charge is -2.28. The van der Waals surface area contributed by atoms with Gasteiger partial charge in [0.1, 0.15) is 6.04 Å². The molecule has 2 amide bonds. The summed E-state index contributed by atoms with van der Waals surface area (Å²) in [7, 11) is 1.66. The van der Waals surface area contributed by atoms with E-state index in [1.54, 1.807) is 18.4 Å². The van der Waals surface area contributed by atoms with Crippen LogP contribution in [0.3, 0.4) is 0 Å². The van der Waals surface area contributed by atoms with Crippen LogP contribution in [0.4, 0.5) is 0 Å². The molecular formula is C21H28N4O2S. The number of aryl methyl sites for hydroxylation is 1. The van der Waals surface area contributed by atoms with Crippen LogP contribution in [0.25, 0.3) is 0 Å². The van der Waals surface area contributed by atoms with Gasteiger partial charge in [0.15, 0.2) is 0 Å². The number of rotatable bonds is 7. The Labute approximate surface area is 170 Å². The molecule has 7 heteroatoms. The quantitative estimate of drug-likeness (QED) is 0.775. The third-order valence-electron chi connectivity index (χ3n) is 5.44. The zero-order valence-electron chi connectivity index (χ0n) is 16.8. The fourth-order valence-electron chi connectivity index (χ4n) is 3.68. The molecule has 0 saturated carbocycles. The average molecular weight is 401 g/mol. The van der Waals surface area contributed by atoms with E-state index in [9.17, 15) is 9.59 Å². The van der Waals surface area contributed by atoms with Crippen LogP contribution in [0.1, 0.15) is 52.3 Å². The van der Waals surface area contributed by atoms with Gasteiger partial charge in [-0.25, -0.2) is 0 Å². The predicted octanol–water partition coefficient (Wildman–Crippen LogP) is 2.60. The van der Waals surface area contributed by atoms with E-state index in [4.69, 9.17) is 5.73 Å². The second-order valence-electron chi connectivity index (χ2n) is 7.27. The van der Waals surface area contributed by atoms with Crippen molar-refractivity contribution in [2.45, 2.75) is 52.2 Å². The molecule has 0 fully saturated rings. The van der Waals surface area contributed by atoms with Crippen LogP contribution < -0.4 is 5.73 Å². The molecule has 0 aromatic carbocycles. The topological polar surface area (TPSA) is 79.5 Å². The molecule has 0 spiro atoms. The summed E-state index contributed by atoms with van der Waals surface area (Å²) >= 11 is 1.62. The maximum Gasteiger partial charge on any atom is 0.255 e. The van der Waals surface area contributed by atoms with E-state index in [0.717, 1.165) is 43.7 Å². The van der Waals surface area contributed by atoms with Crippen LogP contribution in [0.5, 0.6) is 0 Å². The van der Waals surface area contributed by atoms with Crippen molar-refractivity contribution in [1.29, 1.82) is 0 Å². The fourth-order valence-corrected chi connectivity index (χ4v) is 4.79. The first kappa shape index (κ1) is 20.5. The number of thiophene rings is 1. The number of carbonyl (C=O) groups excluding carboxylic acids is 2. The zero-order valence-corrected chi connectivity index (χ0v) is 17.6. The fraction of sp³-hybridized carbons (Fsp3) is 0.476. The number of nitrogens with two attached hydrogens (primary N) is 1. The lowest BCUT2D eigenvalue weighted by atomic mass is 10.0. The predicted molar refractivity (Wildman–Crippen MR) is 111 cm³/mol. The van der Waals surface area contributed by atoms with E-state index < -0.39 is 11.9 Å². The van der Waals surface area contributed by atoms with E-state index in [-0.39, 0.29) is 5.91 Å². The number of nitrogens with zero attached hydrogens (tertiary/aromatic N) is 3. The molecule has 3 heterocycles. The van der Waals surface area contributed by atoms with Crippen LogP contribution >= 0.6 is 11.3 Å². The molecule has 1 aliphatic heterocycles. The second-order valence-corrected chi connectivity index (χ2v) is 8.23. The van der Waals surface area contributed by atoms with Crippen LogP contribution in [0.15, 0.2) is 23.7 Å². The number of aromatic nitrogens is 1. The maximum atomic E-state index is 12.9. The minimum Gasteiger partial charge on any atom is -0.368 e. The van der Waals surface area contributed by atoms with Gasteiger partial charge in [-0.15, -0.1) is 11.3 Å². The van der Waals surface area contributed by atoms with Crippen molar-refractivity contribution in [3.05, 3.63) is 51.0 Å². The number of amides is 2. The van der Waals surface area contributed by atoms with E-state index in [1.165, 1.54) is 15.3 Å². The first-order valence-corrected chi connectivity index (χ1v) is 10.6. The van der Waals surface area contributed by atoms with Crippen molar-refractivity contribution in [3.63, 3.8) is 0 Å². The summed E-state index contributed by atoms with van der Waals surface area (Å²) in [5, 5.41) is 1.93. The first-order chi connectivity index (χ1) is 13.4. The highest BCUT2D eigenvalue weighted by Crippen LogP contribution is 2.30. The van der Waals surface area contributed by atoms with Crippen LogP contribution in [-0.2, 0) is 30.7 Å². The summed E-state index contributed by atoms with van der Waals surface area (Å²) in [6.45, 7) is 6.51. The Morgan fingerprint density at radius 2 is 2.14 bits per heavy atom. The Kier molecular flexibility index (Phi) is 6.46. The molecule has 0 saturated heterocycles. The van der Waals surface area contributed by atoms with Gasteiger partial charge >= 0.3 is 0 Å². The Bertz CT molecular complexity index is 847. The molecule has 0 aliphatic carbocycles. The molecule has 2 N–H and O–H groups in total. The molecule has 1 aliphatic rings. The monoisotopic (exact) mass is 400 g/mol. The van der Waals surface area contributed by atoms with Crippen LogP contribution in [-0.4, -0.2) is 46.2 Å². The minimum absolute atomic E-state index is 0.117. The minimum atomic E-state index is -0.569. The number of pyridine rings is 1. The number of primary amides is 1. The van der Waals surface area contributed by atoms with Gasteiger partial charge in [0.05, 0.1) is 11.3 Å². The van der Waals surface area contributed by atoms with Crippen LogP contribution in [0, 0.1) is 0 Å². The summed E-state index contributed by atoms with van der Waals surface area (Å²) < 4.78 is 0. The molecular weight excluding hydrogens is 372 g/mol. The summed E-state index contributed by atoms with van der Waals surface area (Å²) in [6.07, 6.45) is 4.29. The van der Waals surface area contributed by atoms with Crippen molar-refractivity contribution in [1.82, 2.24) is 14.8 Å². The Hall–Kier alpha value is -2.25. The van der Waals surface area contributed by atoms with Gasteiger partial charge in [-0.2, -0.15) is 0 Å². The van der Waals surface area contributed by atoms with Gasteiger partial charge < -0.3 is 10.6 Å². The normalized spacial score (nSPS) is 15.1. The number of hydrogen-bond donors (Lipinski definition) is 1. The van der Waals surface area contributed by atoms with E-state index in [2.05, 4.69) is 28.9 Å². The number of hydrogen-bond acceptors (Lipinski definition) is 5. The zero-order chi connectivity index (χ0) is 20.3. The SMILES string of the molecule is CCc1ccc(CN2CCc3c(C(=O)N(C)[C@H](CC)C(N)=O)csc3C2)nc1. The summed E-state index contributed by atoms with van der Waals surface area (Å²) in [5.41, 5.74) is 9.59. The standard InChI is InChI=1S/C21H28N4O2S/c1-4-14-6-7-15(23-10-14)11-25-9-8-16-17(13-28-19(16)12-25)21(27)24(3)18(5-2)20(22)26/h6-7,10,13,18H,4-5,8-9,11-12H2,1-3H3,(H2,22,26)/t18-/m1/s1. The molecule has 0 bridgehead atoms. The van der Waals surface area contributed by atoms with E-state index in [1.807, 2.05) is 18.5 Å². The number of fused-ring (bicyclic) bond motifs is 1. The Balaban J connectivity index is 1.70. The van der Waals surface area contributed by atoms with E-state index >= 15 is 0 Å². The van der Waals surface area contributed by atoms with Gasteiger partial charge in [-0.1, -0.05) is 19.9 Å². The average Bonchev–Trinajstić information content (AvgIpc) is 3.11. The molecule has 3 rings (SSSR count). The summed E-state index contributed by atoms with van der Waals surface area (Å²) in [5.74, 6) is -0.580. The molecule has 0 radical (unpaired) electrons. The third-order valence-corrected chi connectivity index (χ3v) is 6.45. The molecule has 0 unspecified atom stereocenters. The van der Waals surface area contributed by atoms with Crippen molar-refractivity contribution in [2.75, 3.05) is 13.6 Å². The number of carbonyl (C=O) groups is 2. The molecule has 150 valence electrons. The Morgan fingerprint density at radius 1 is 1.36 bits per heavy atom. The molecule has 1 atom stereocenters. The maximum absolute atomic E-state index is 12.9. The Morgan fingerprint density at radius 3 is 2.75 bits per heavy atom. The summed E-state index contributed by atoms with van der Waals surface area (Å²) in [4.78, 5) is 34.2. The second kappa shape index (κ2) is 8.84. The molecule has 6 nitrogen and oxygen atoms in total. The highest BCUT2D eigenvalue weighted by atomic mass is 32.1. The van der Waals surface area contributed by atoms with Crippen molar-refractivity contribution in [2.24, 2.45) is 5.73 Å². The van der Waals surface area contributed by atoms with Crippen LogP contribution in [0.2, 0.25) is 0 Å². The molecule has 2 aromatic rings.